The molecule has 1 unspecified atom stereocenters. The fourth-order valence-electron chi connectivity index (χ4n) is 2.91. The highest BCUT2D eigenvalue weighted by atomic mass is 15.1. The molecule has 3 nitrogen and oxygen atoms in total. The number of para-hydroxylation sites is 1. The van der Waals surface area contributed by atoms with Gasteiger partial charge in [-0.05, 0) is 32.1 Å². The van der Waals surface area contributed by atoms with E-state index in [0.717, 1.165) is 17.8 Å². The van der Waals surface area contributed by atoms with Crippen molar-refractivity contribution in [2.24, 2.45) is 0 Å². The van der Waals surface area contributed by atoms with Crippen LogP contribution < -0.4 is 5.73 Å². The van der Waals surface area contributed by atoms with E-state index < -0.39 is 0 Å². The highest BCUT2D eigenvalue weighted by Gasteiger charge is 2.18. The first-order valence-corrected chi connectivity index (χ1v) is 7.23. The number of nitrogen functional groups attached to an aromatic ring is 1. The molecule has 0 spiro atoms. The Morgan fingerprint density at radius 3 is 2.38 bits per heavy atom. The van der Waals surface area contributed by atoms with Crippen LogP contribution in [-0.4, -0.2) is 24.0 Å². The van der Waals surface area contributed by atoms with E-state index in [4.69, 9.17) is 5.73 Å². The van der Waals surface area contributed by atoms with Crippen molar-refractivity contribution in [3.8, 4) is 0 Å². The molecule has 0 saturated heterocycles. The maximum atomic E-state index is 6.21. The van der Waals surface area contributed by atoms with Gasteiger partial charge in [-0.2, -0.15) is 0 Å². The third-order valence-electron chi connectivity index (χ3n) is 4.05. The molecule has 0 aliphatic carbocycles. The monoisotopic (exact) mass is 279 g/mol. The van der Waals surface area contributed by atoms with Crippen molar-refractivity contribution in [2.45, 2.75) is 12.5 Å². The van der Waals surface area contributed by atoms with E-state index >= 15 is 0 Å². The van der Waals surface area contributed by atoms with E-state index in [-0.39, 0.29) is 0 Å². The minimum atomic E-state index is 0.313. The number of aromatic amines is 1. The summed E-state index contributed by atoms with van der Waals surface area (Å²) < 4.78 is 0. The van der Waals surface area contributed by atoms with E-state index in [0.29, 0.717) is 6.04 Å². The van der Waals surface area contributed by atoms with Gasteiger partial charge in [0.15, 0.2) is 0 Å². The molecule has 1 heterocycles. The van der Waals surface area contributed by atoms with Crippen LogP contribution in [-0.2, 0) is 6.42 Å². The lowest BCUT2D eigenvalue weighted by atomic mass is 9.97. The number of nitrogens with two attached hydrogens (primary N) is 1. The standard InChI is InChI=1S/C18H21N3/c1-21(2)17(13-8-4-3-5-9-13)12-15-14-10-6-7-11-16(14)20-18(15)19/h3-11,17,20H,12,19H2,1-2H3. The average Bonchev–Trinajstić information content (AvgIpc) is 2.81. The molecule has 0 amide bonds. The van der Waals surface area contributed by atoms with E-state index in [2.05, 4.69) is 72.5 Å². The Bertz CT molecular complexity index is 729. The first kappa shape index (κ1) is 13.7. The zero-order valence-corrected chi connectivity index (χ0v) is 12.5. The third kappa shape index (κ3) is 2.65. The number of hydrogen-bond acceptors (Lipinski definition) is 2. The summed E-state index contributed by atoms with van der Waals surface area (Å²) >= 11 is 0. The molecular weight excluding hydrogens is 258 g/mol. The molecule has 3 heteroatoms. The summed E-state index contributed by atoms with van der Waals surface area (Å²) in [5.74, 6) is 0.777. The molecule has 3 aromatic rings. The predicted molar refractivity (Wildman–Crippen MR) is 89.3 cm³/mol. The molecule has 3 N–H and O–H groups in total. The SMILES string of the molecule is CN(C)C(Cc1c(N)[nH]c2ccccc12)c1ccccc1. The van der Waals surface area contributed by atoms with Crippen molar-refractivity contribution in [3.63, 3.8) is 0 Å². The van der Waals surface area contributed by atoms with Crippen LogP contribution in [0.5, 0.6) is 0 Å². The number of rotatable bonds is 4. The van der Waals surface area contributed by atoms with Gasteiger partial charge in [-0.25, -0.2) is 0 Å². The number of fused-ring (bicyclic) bond motifs is 1. The van der Waals surface area contributed by atoms with Gasteiger partial charge in [-0.15, -0.1) is 0 Å². The van der Waals surface area contributed by atoms with Gasteiger partial charge in [0.25, 0.3) is 0 Å². The highest BCUT2D eigenvalue weighted by Crippen LogP contribution is 2.30. The number of aromatic nitrogens is 1. The molecule has 0 aliphatic heterocycles. The smallest absolute Gasteiger partial charge is 0.105 e. The number of hydrogen-bond donors (Lipinski definition) is 2. The van der Waals surface area contributed by atoms with Gasteiger partial charge in [0.1, 0.15) is 5.82 Å². The van der Waals surface area contributed by atoms with Crippen LogP contribution in [0, 0.1) is 0 Å². The van der Waals surface area contributed by atoms with Crippen molar-refractivity contribution in [1.82, 2.24) is 9.88 Å². The average molecular weight is 279 g/mol. The second-order valence-corrected chi connectivity index (χ2v) is 5.66. The molecular formula is C18H21N3. The number of H-pyrrole nitrogens is 1. The quantitative estimate of drug-likeness (QED) is 0.766. The van der Waals surface area contributed by atoms with Crippen LogP contribution in [0.3, 0.4) is 0 Å². The summed E-state index contributed by atoms with van der Waals surface area (Å²) in [5, 5.41) is 1.22. The Morgan fingerprint density at radius 2 is 1.67 bits per heavy atom. The van der Waals surface area contributed by atoms with Crippen LogP contribution >= 0.6 is 0 Å². The number of nitrogens with one attached hydrogen (secondary N) is 1. The van der Waals surface area contributed by atoms with Gasteiger partial charge in [-0.3, -0.25) is 0 Å². The van der Waals surface area contributed by atoms with Gasteiger partial charge in [0, 0.05) is 22.5 Å². The Kier molecular flexibility index (Phi) is 3.67. The molecule has 108 valence electrons. The van der Waals surface area contributed by atoms with Crippen LogP contribution in [0.15, 0.2) is 54.6 Å². The van der Waals surface area contributed by atoms with E-state index in [1.807, 2.05) is 6.07 Å². The molecule has 1 aromatic heterocycles. The summed E-state index contributed by atoms with van der Waals surface area (Å²) in [4.78, 5) is 5.53. The Labute approximate surface area is 125 Å². The molecule has 0 saturated carbocycles. The van der Waals surface area contributed by atoms with Crippen LogP contribution in [0.1, 0.15) is 17.2 Å². The number of anilines is 1. The fourth-order valence-corrected chi connectivity index (χ4v) is 2.91. The van der Waals surface area contributed by atoms with Crippen LogP contribution in [0.25, 0.3) is 10.9 Å². The minimum absolute atomic E-state index is 0.313. The Balaban J connectivity index is 2.01. The summed E-state index contributed by atoms with van der Waals surface area (Å²) in [6.07, 6.45) is 0.896. The molecule has 0 radical (unpaired) electrons. The fraction of sp³-hybridized carbons (Fsp3) is 0.222. The molecule has 2 aromatic carbocycles. The normalized spacial score (nSPS) is 12.9. The summed E-state index contributed by atoms with van der Waals surface area (Å²) in [5.41, 5.74) is 9.83. The number of likely N-dealkylation sites (N-methyl/N-ethyl adjacent to an activating group) is 1. The van der Waals surface area contributed by atoms with Crippen molar-refractivity contribution in [3.05, 3.63) is 65.7 Å². The summed E-state index contributed by atoms with van der Waals surface area (Å²) in [6.45, 7) is 0. The Morgan fingerprint density at radius 1 is 1.00 bits per heavy atom. The van der Waals surface area contributed by atoms with Crippen molar-refractivity contribution < 1.29 is 0 Å². The highest BCUT2D eigenvalue weighted by molar-refractivity contribution is 5.88. The number of nitrogens with zero attached hydrogens (tertiary/aromatic N) is 1. The van der Waals surface area contributed by atoms with Crippen molar-refractivity contribution in [2.75, 3.05) is 19.8 Å². The van der Waals surface area contributed by atoms with Gasteiger partial charge >= 0.3 is 0 Å². The first-order valence-electron chi connectivity index (χ1n) is 7.23. The zero-order valence-electron chi connectivity index (χ0n) is 12.5. The number of benzene rings is 2. The van der Waals surface area contributed by atoms with Crippen LogP contribution in [0.4, 0.5) is 5.82 Å². The zero-order chi connectivity index (χ0) is 14.8. The van der Waals surface area contributed by atoms with Crippen molar-refractivity contribution >= 4 is 16.7 Å². The lowest BCUT2D eigenvalue weighted by Gasteiger charge is -2.25. The summed E-state index contributed by atoms with van der Waals surface area (Å²) in [6, 6.07) is 19.2. The van der Waals surface area contributed by atoms with Crippen LogP contribution in [0.2, 0.25) is 0 Å². The minimum Gasteiger partial charge on any atom is -0.385 e. The molecule has 3 rings (SSSR count). The van der Waals surface area contributed by atoms with Gasteiger partial charge in [-0.1, -0.05) is 48.5 Å². The molecule has 1 atom stereocenters. The maximum Gasteiger partial charge on any atom is 0.105 e. The van der Waals surface area contributed by atoms with E-state index in [1.54, 1.807) is 0 Å². The van der Waals surface area contributed by atoms with Gasteiger partial charge < -0.3 is 15.6 Å². The molecule has 0 fully saturated rings. The van der Waals surface area contributed by atoms with E-state index in [9.17, 15) is 0 Å². The molecule has 0 bridgehead atoms. The second kappa shape index (κ2) is 5.62. The second-order valence-electron chi connectivity index (χ2n) is 5.66. The summed E-state index contributed by atoms with van der Waals surface area (Å²) in [7, 11) is 4.23. The van der Waals surface area contributed by atoms with E-state index in [1.165, 1.54) is 16.5 Å². The van der Waals surface area contributed by atoms with Gasteiger partial charge in [0.2, 0.25) is 0 Å². The maximum absolute atomic E-state index is 6.21. The van der Waals surface area contributed by atoms with Gasteiger partial charge in [0.05, 0.1) is 0 Å². The first-order chi connectivity index (χ1) is 10.2. The topological polar surface area (TPSA) is 45.0 Å². The Hall–Kier alpha value is -2.26. The lowest BCUT2D eigenvalue weighted by Crippen LogP contribution is -2.22. The third-order valence-corrected chi connectivity index (χ3v) is 4.05. The predicted octanol–water partition coefficient (Wildman–Crippen LogP) is 3.60. The lowest BCUT2D eigenvalue weighted by molar-refractivity contribution is 0.298. The largest absolute Gasteiger partial charge is 0.385 e. The molecule has 0 aliphatic rings. The van der Waals surface area contributed by atoms with Crippen molar-refractivity contribution in [1.29, 1.82) is 0 Å². The molecule has 21 heavy (non-hydrogen) atoms.